The molecule has 1 saturated heterocycles. The van der Waals surface area contributed by atoms with Crippen molar-refractivity contribution in [1.82, 2.24) is 9.97 Å². The number of anilines is 1. The maximum Gasteiger partial charge on any atom is 0.144 e. The van der Waals surface area contributed by atoms with Crippen molar-refractivity contribution in [2.75, 3.05) is 25.6 Å². The molecule has 1 aliphatic rings. The molecule has 0 aliphatic carbocycles. The number of ether oxygens (including phenoxy) is 1. The van der Waals surface area contributed by atoms with E-state index in [1.165, 1.54) is 0 Å². The highest BCUT2D eigenvalue weighted by Crippen LogP contribution is 2.25. The maximum atomic E-state index is 5.39. The van der Waals surface area contributed by atoms with Crippen LogP contribution in [0.2, 0.25) is 0 Å². The summed E-state index contributed by atoms with van der Waals surface area (Å²) in [6.07, 6.45) is 2.94. The molecule has 0 radical (unpaired) electrons. The predicted molar refractivity (Wildman–Crippen MR) is 71.3 cm³/mol. The van der Waals surface area contributed by atoms with Crippen molar-refractivity contribution in [2.45, 2.75) is 26.2 Å². The quantitative estimate of drug-likeness (QED) is 0.927. The number of aromatic nitrogens is 2. The average molecular weight is 300 g/mol. The normalized spacial score (nSPS) is 19.6. The number of halogens is 1. The summed E-state index contributed by atoms with van der Waals surface area (Å²) < 4.78 is 6.37. The fourth-order valence-corrected chi connectivity index (χ4v) is 2.69. The number of nitrogens with zero attached hydrogens (tertiary/aromatic N) is 2. The first-order valence-electron chi connectivity index (χ1n) is 6.05. The number of hydrogen-bond donors (Lipinski definition) is 1. The minimum absolute atomic E-state index is 0.575. The Hall–Kier alpha value is -0.680. The van der Waals surface area contributed by atoms with Crippen LogP contribution in [0.4, 0.5) is 5.82 Å². The third-order valence-corrected chi connectivity index (χ3v) is 3.87. The van der Waals surface area contributed by atoms with Crippen LogP contribution in [0.3, 0.4) is 0 Å². The van der Waals surface area contributed by atoms with E-state index in [0.29, 0.717) is 5.92 Å². The van der Waals surface area contributed by atoms with Gasteiger partial charge < -0.3 is 10.1 Å². The van der Waals surface area contributed by atoms with Crippen LogP contribution >= 0.6 is 15.9 Å². The molecule has 1 aliphatic heterocycles. The van der Waals surface area contributed by atoms with Gasteiger partial charge in [0.05, 0.1) is 10.2 Å². The summed E-state index contributed by atoms with van der Waals surface area (Å²) in [4.78, 5) is 9.15. The zero-order valence-corrected chi connectivity index (χ0v) is 11.9. The van der Waals surface area contributed by atoms with Gasteiger partial charge >= 0.3 is 0 Å². The molecule has 1 fully saturated rings. The van der Waals surface area contributed by atoms with Crippen LogP contribution in [0.25, 0.3) is 0 Å². The standard InChI is InChI=1S/C12H18BrN3O/c1-3-9-11(13)12(14-2)16-10(15-9)6-8-4-5-17-7-8/h8H,3-7H2,1-2H3,(H,14,15,16). The molecular formula is C12H18BrN3O. The lowest BCUT2D eigenvalue weighted by atomic mass is 10.0. The first kappa shape index (κ1) is 12.8. The zero-order valence-electron chi connectivity index (χ0n) is 10.3. The number of aryl methyl sites for hydroxylation is 1. The molecule has 17 heavy (non-hydrogen) atoms. The van der Waals surface area contributed by atoms with Gasteiger partial charge in [-0.05, 0) is 34.7 Å². The van der Waals surface area contributed by atoms with E-state index in [2.05, 4.69) is 38.1 Å². The SMILES string of the molecule is CCc1nc(CC2CCOC2)nc(NC)c1Br. The summed E-state index contributed by atoms with van der Waals surface area (Å²) in [6.45, 7) is 3.82. The van der Waals surface area contributed by atoms with Gasteiger partial charge in [-0.25, -0.2) is 9.97 Å². The Morgan fingerprint density at radius 1 is 1.47 bits per heavy atom. The van der Waals surface area contributed by atoms with E-state index in [1.54, 1.807) is 0 Å². The van der Waals surface area contributed by atoms with Crippen LogP contribution in [0.5, 0.6) is 0 Å². The van der Waals surface area contributed by atoms with Gasteiger partial charge in [-0.1, -0.05) is 6.92 Å². The summed E-state index contributed by atoms with van der Waals surface area (Å²) in [7, 11) is 1.88. The number of nitrogens with one attached hydrogen (secondary N) is 1. The Balaban J connectivity index is 2.21. The summed E-state index contributed by atoms with van der Waals surface area (Å²) in [6, 6.07) is 0. The van der Waals surface area contributed by atoms with E-state index in [0.717, 1.165) is 54.3 Å². The molecule has 1 unspecified atom stereocenters. The average Bonchev–Trinajstić information content (AvgIpc) is 2.84. The van der Waals surface area contributed by atoms with Gasteiger partial charge in [-0.3, -0.25) is 0 Å². The highest BCUT2D eigenvalue weighted by atomic mass is 79.9. The van der Waals surface area contributed by atoms with E-state index in [-0.39, 0.29) is 0 Å². The minimum atomic E-state index is 0.575. The summed E-state index contributed by atoms with van der Waals surface area (Å²) in [5.41, 5.74) is 1.07. The van der Waals surface area contributed by atoms with Crippen LogP contribution in [-0.2, 0) is 17.6 Å². The van der Waals surface area contributed by atoms with Gasteiger partial charge in [0, 0.05) is 26.7 Å². The van der Waals surface area contributed by atoms with Crippen LogP contribution in [0.1, 0.15) is 24.9 Å². The Morgan fingerprint density at radius 3 is 2.88 bits per heavy atom. The lowest BCUT2D eigenvalue weighted by Crippen LogP contribution is -2.11. The van der Waals surface area contributed by atoms with E-state index >= 15 is 0 Å². The summed E-state index contributed by atoms with van der Waals surface area (Å²) >= 11 is 3.54. The van der Waals surface area contributed by atoms with E-state index in [4.69, 9.17) is 4.74 Å². The molecule has 0 aromatic carbocycles. The molecule has 0 saturated carbocycles. The van der Waals surface area contributed by atoms with Gasteiger partial charge in [-0.15, -0.1) is 0 Å². The molecule has 94 valence electrons. The van der Waals surface area contributed by atoms with Gasteiger partial charge in [0.2, 0.25) is 0 Å². The zero-order chi connectivity index (χ0) is 12.3. The molecule has 2 heterocycles. The molecule has 1 aromatic rings. The second-order valence-corrected chi connectivity index (χ2v) is 5.08. The van der Waals surface area contributed by atoms with Crippen molar-refractivity contribution in [1.29, 1.82) is 0 Å². The minimum Gasteiger partial charge on any atom is -0.381 e. The maximum absolute atomic E-state index is 5.39. The van der Waals surface area contributed by atoms with Gasteiger partial charge in [-0.2, -0.15) is 0 Å². The highest BCUT2D eigenvalue weighted by Gasteiger charge is 2.19. The fraction of sp³-hybridized carbons (Fsp3) is 0.667. The Labute approximate surface area is 110 Å². The Bertz CT molecular complexity index is 366. The smallest absolute Gasteiger partial charge is 0.144 e. The lowest BCUT2D eigenvalue weighted by Gasteiger charge is -2.12. The molecule has 1 N–H and O–H groups in total. The molecule has 0 amide bonds. The molecular weight excluding hydrogens is 282 g/mol. The van der Waals surface area contributed by atoms with Crippen molar-refractivity contribution >= 4 is 21.7 Å². The largest absolute Gasteiger partial charge is 0.381 e. The van der Waals surface area contributed by atoms with Crippen LogP contribution in [0.15, 0.2) is 4.47 Å². The number of rotatable bonds is 4. The third-order valence-electron chi connectivity index (χ3n) is 3.03. The Morgan fingerprint density at radius 2 is 2.29 bits per heavy atom. The Kier molecular flexibility index (Phi) is 4.34. The second kappa shape index (κ2) is 5.78. The van der Waals surface area contributed by atoms with Crippen molar-refractivity contribution in [3.05, 3.63) is 16.0 Å². The molecule has 5 heteroatoms. The van der Waals surface area contributed by atoms with Crippen molar-refractivity contribution in [3.8, 4) is 0 Å². The molecule has 1 atom stereocenters. The van der Waals surface area contributed by atoms with E-state index in [9.17, 15) is 0 Å². The first-order valence-corrected chi connectivity index (χ1v) is 6.84. The van der Waals surface area contributed by atoms with Gasteiger partial charge in [0.15, 0.2) is 0 Å². The monoisotopic (exact) mass is 299 g/mol. The lowest BCUT2D eigenvalue weighted by molar-refractivity contribution is 0.185. The predicted octanol–water partition coefficient (Wildman–Crippen LogP) is 2.42. The summed E-state index contributed by atoms with van der Waals surface area (Å²) in [5.74, 6) is 2.38. The van der Waals surface area contributed by atoms with Gasteiger partial charge in [0.1, 0.15) is 11.6 Å². The topological polar surface area (TPSA) is 47.0 Å². The molecule has 2 rings (SSSR count). The molecule has 1 aromatic heterocycles. The third kappa shape index (κ3) is 2.96. The van der Waals surface area contributed by atoms with Crippen LogP contribution in [-0.4, -0.2) is 30.2 Å². The van der Waals surface area contributed by atoms with E-state index < -0.39 is 0 Å². The second-order valence-electron chi connectivity index (χ2n) is 4.29. The van der Waals surface area contributed by atoms with Crippen molar-refractivity contribution in [2.24, 2.45) is 5.92 Å². The van der Waals surface area contributed by atoms with Crippen molar-refractivity contribution in [3.63, 3.8) is 0 Å². The van der Waals surface area contributed by atoms with Crippen LogP contribution in [0, 0.1) is 5.92 Å². The molecule has 4 nitrogen and oxygen atoms in total. The molecule has 0 bridgehead atoms. The molecule has 0 spiro atoms. The summed E-state index contributed by atoms with van der Waals surface area (Å²) in [5, 5.41) is 3.11. The fourth-order valence-electron chi connectivity index (χ4n) is 2.04. The van der Waals surface area contributed by atoms with Crippen molar-refractivity contribution < 1.29 is 4.74 Å². The highest BCUT2D eigenvalue weighted by molar-refractivity contribution is 9.10. The first-order chi connectivity index (χ1) is 8.24. The number of hydrogen-bond acceptors (Lipinski definition) is 4. The van der Waals surface area contributed by atoms with E-state index in [1.807, 2.05) is 7.05 Å². The van der Waals surface area contributed by atoms with Gasteiger partial charge in [0.25, 0.3) is 0 Å². The van der Waals surface area contributed by atoms with Crippen LogP contribution < -0.4 is 5.32 Å².